The van der Waals surface area contributed by atoms with E-state index in [0.29, 0.717) is 6.04 Å². The van der Waals surface area contributed by atoms with Gasteiger partial charge in [0.05, 0.1) is 12.7 Å². The van der Waals surface area contributed by atoms with E-state index >= 15 is 0 Å². The number of nitrogens with one attached hydrogen (secondary N) is 1. The molecule has 4 heteroatoms. The Morgan fingerprint density at radius 3 is 2.76 bits per heavy atom. The largest absolute Gasteiger partial charge is 0.347 e. The van der Waals surface area contributed by atoms with Crippen LogP contribution in [-0.4, -0.2) is 55.6 Å². The molecule has 1 N–H and O–H groups in total. The lowest BCUT2D eigenvalue weighted by molar-refractivity contribution is -0.163. The quantitative estimate of drug-likeness (QED) is 0.783. The first-order valence-electron chi connectivity index (χ1n) is 9.07. The van der Waals surface area contributed by atoms with Gasteiger partial charge in [0.15, 0.2) is 5.79 Å². The van der Waals surface area contributed by atoms with Gasteiger partial charge in [0.1, 0.15) is 0 Å². The summed E-state index contributed by atoms with van der Waals surface area (Å²) in [5.41, 5.74) is 0. The number of ether oxygens (including phenoxy) is 2. The number of rotatable bonds is 7. The fraction of sp³-hybridized carbons (Fsp3) is 1.00. The zero-order valence-electron chi connectivity index (χ0n) is 13.6. The molecule has 2 heterocycles. The van der Waals surface area contributed by atoms with E-state index in [-0.39, 0.29) is 11.9 Å². The molecule has 4 nitrogen and oxygen atoms in total. The summed E-state index contributed by atoms with van der Waals surface area (Å²) in [6.07, 6.45) is 10.2. The molecule has 0 amide bonds. The average Bonchev–Trinajstić information content (AvgIpc) is 3.21. The summed E-state index contributed by atoms with van der Waals surface area (Å²) in [5.74, 6) is -0.202. The minimum atomic E-state index is -0.202. The molecule has 0 aromatic heterocycles. The van der Waals surface area contributed by atoms with Crippen LogP contribution in [-0.2, 0) is 9.47 Å². The fourth-order valence-electron chi connectivity index (χ4n) is 4.03. The summed E-state index contributed by atoms with van der Waals surface area (Å²) < 4.78 is 12.3. The summed E-state index contributed by atoms with van der Waals surface area (Å²) in [6.45, 7) is 7.67. The van der Waals surface area contributed by atoms with Gasteiger partial charge in [-0.2, -0.15) is 0 Å². The van der Waals surface area contributed by atoms with Crippen molar-refractivity contribution in [3.63, 3.8) is 0 Å². The van der Waals surface area contributed by atoms with Gasteiger partial charge in [-0.25, -0.2) is 0 Å². The Bertz CT molecular complexity index is 312. The lowest BCUT2D eigenvalue weighted by atomic mass is 10.2. The summed E-state index contributed by atoms with van der Waals surface area (Å²) >= 11 is 0. The molecule has 1 saturated carbocycles. The van der Waals surface area contributed by atoms with Crippen LogP contribution in [0.4, 0.5) is 0 Å². The molecule has 2 unspecified atom stereocenters. The molecule has 0 radical (unpaired) electrons. The second-order valence-corrected chi connectivity index (χ2v) is 7.08. The third-order valence-corrected chi connectivity index (χ3v) is 5.21. The van der Waals surface area contributed by atoms with Crippen LogP contribution >= 0.6 is 0 Å². The number of hydrogen-bond donors (Lipinski definition) is 1. The zero-order chi connectivity index (χ0) is 14.5. The van der Waals surface area contributed by atoms with E-state index in [1.165, 1.54) is 58.2 Å². The number of unbranched alkanes of at least 4 members (excludes halogenated alkanes) is 1. The molecule has 0 bridgehead atoms. The van der Waals surface area contributed by atoms with Gasteiger partial charge in [0.2, 0.25) is 0 Å². The molecule has 0 aromatic carbocycles. The maximum atomic E-state index is 6.30. The van der Waals surface area contributed by atoms with Gasteiger partial charge in [-0.05, 0) is 45.2 Å². The number of hydrogen-bond acceptors (Lipinski definition) is 4. The molecule has 3 rings (SSSR count). The fourth-order valence-corrected chi connectivity index (χ4v) is 4.03. The van der Waals surface area contributed by atoms with Crippen LogP contribution in [0.1, 0.15) is 58.3 Å². The maximum Gasteiger partial charge on any atom is 0.168 e. The van der Waals surface area contributed by atoms with Gasteiger partial charge in [-0.3, -0.25) is 4.90 Å². The van der Waals surface area contributed by atoms with Gasteiger partial charge in [0, 0.05) is 32.0 Å². The monoisotopic (exact) mass is 296 g/mol. The summed E-state index contributed by atoms with van der Waals surface area (Å²) in [5, 5.41) is 3.62. The van der Waals surface area contributed by atoms with Crippen molar-refractivity contribution in [3.05, 3.63) is 0 Å². The van der Waals surface area contributed by atoms with Crippen molar-refractivity contribution in [2.24, 2.45) is 0 Å². The Labute approximate surface area is 129 Å². The highest BCUT2D eigenvalue weighted by Crippen LogP contribution is 2.39. The topological polar surface area (TPSA) is 33.7 Å². The Kier molecular flexibility index (Phi) is 5.54. The highest BCUT2D eigenvalue weighted by atomic mass is 16.7. The van der Waals surface area contributed by atoms with E-state index in [1.54, 1.807) is 0 Å². The third-order valence-electron chi connectivity index (χ3n) is 5.21. The average molecular weight is 296 g/mol. The van der Waals surface area contributed by atoms with Crippen molar-refractivity contribution in [1.29, 1.82) is 0 Å². The zero-order valence-corrected chi connectivity index (χ0v) is 13.6. The first-order valence-corrected chi connectivity index (χ1v) is 9.07. The first kappa shape index (κ1) is 15.7. The normalized spacial score (nSPS) is 31.7. The predicted octanol–water partition coefficient (Wildman–Crippen LogP) is 2.53. The van der Waals surface area contributed by atoms with Gasteiger partial charge in [-0.1, -0.05) is 13.3 Å². The van der Waals surface area contributed by atoms with Crippen molar-refractivity contribution in [3.8, 4) is 0 Å². The molecular formula is C17H32N2O2. The van der Waals surface area contributed by atoms with Crippen LogP contribution < -0.4 is 5.32 Å². The minimum absolute atomic E-state index is 0.202. The van der Waals surface area contributed by atoms with E-state index in [4.69, 9.17) is 9.47 Å². The predicted molar refractivity (Wildman–Crippen MR) is 84.4 cm³/mol. The molecule has 2 saturated heterocycles. The minimum Gasteiger partial charge on any atom is -0.347 e. The van der Waals surface area contributed by atoms with E-state index < -0.39 is 0 Å². The molecule has 1 aliphatic carbocycles. The van der Waals surface area contributed by atoms with Gasteiger partial charge < -0.3 is 14.8 Å². The Morgan fingerprint density at radius 2 is 2.05 bits per heavy atom. The Balaban J connectivity index is 1.48. The maximum absolute atomic E-state index is 6.30. The van der Waals surface area contributed by atoms with Crippen LogP contribution in [0, 0.1) is 0 Å². The first-order chi connectivity index (χ1) is 10.3. The summed E-state index contributed by atoms with van der Waals surface area (Å²) in [6, 6.07) is 0.685. The standard InChI is InChI=1S/C17H32N2O2/c1-2-3-11-19(12-15-7-6-10-18-15)13-16-14-20-17(21-16)8-4-5-9-17/h15-16,18H,2-14H2,1H3. The molecule has 2 atom stereocenters. The SMILES string of the molecule is CCCCN(CC1CCCN1)CC1COC2(CCCC2)O1. The van der Waals surface area contributed by atoms with Crippen molar-refractivity contribution in [1.82, 2.24) is 10.2 Å². The van der Waals surface area contributed by atoms with E-state index in [9.17, 15) is 0 Å². The van der Waals surface area contributed by atoms with Crippen LogP contribution in [0.2, 0.25) is 0 Å². The van der Waals surface area contributed by atoms with Gasteiger partial charge >= 0.3 is 0 Å². The van der Waals surface area contributed by atoms with Crippen LogP contribution in [0.15, 0.2) is 0 Å². The highest BCUT2D eigenvalue weighted by molar-refractivity contribution is 4.86. The van der Waals surface area contributed by atoms with Gasteiger partial charge in [0.25, 0.3) is 0 Å². The van der Waals surface area contributed by atoms with Crippen LogP contribution in [0.3, 0.4) is 0 Å². The van der Waals surface area contributed by atoms with Gasteiger partial charge in [-0.15, -0.1) is 0 Å². The molecule has 3 aliphatic rings. The van der Waals surface area contributed by atoms with Crippen molar-refractivity contribution < 1.29 is 9.47 Å². The lowest BCUT2D eigenvalue weighted by Gasteiger charge is -2.28. The second kappa shape index (κ2) is 7.40. The number of nitrogens with zero attached hydrogens (tertiary/aromatic N) is 1. The van der Waals surface area contributed by atoms with Crippen molar-refractivity contribution in [2.45, 2.75) is 76.2 Å². The molecular weight excluding hydrogens is 264 g/mol. The lowest BCUT2D eigenvalue weighted by Crippen LogP contribution is -2.42. The molecule has 0 aromatic rings. The Hall–Kier alpha value is -0.160. The van der Waals surface area contributed by atoms with Crippen molar-refractivity contribution in [2.75, 3.05) is 32.8 Å². The molecule has 3 fully saturated rings. The highest BCUT2D eigenvalue weighted by Gasteiger charge is 2.43. The molecule has 21 heavy (non-hydrogen) atoms. The van der Waals surface area contributed by atoms with Crippen LogP contribution in [0.25, 0.3) is 0 Å². The molecule has 1 spiro atoms. The van der Waals surface area contributed by atoms with E-state index in [0.717, 1.165) is 26.0 Å². The second-order valence-electron chi connectivity index (χ2n) is 7.08. The van der Waals surface area contributed by atoms with Crippen LogP contribution in [0.5, 0.6) is 0 Å². The third kappa shape index (κ3) is 4.19. The molecule has 2 aliphatic heterocycles. The van der Waals surface area contributed by atoms with E-state index in [2.05, 4.69) is 17.1 Å². The molecule has 122 valence electrons. The van der Waals surface area contributed by atoms with E-state index in [1.807, 2.05) is 0 Å². The Morgan fingerprint density at radius 1 is 1.19 bits per heavy atom. The smallest absolute Gasteiger partial charge is 0.168 e. The summed E-state index contributed by atoms with van der Waals surface area (Å²) in [4.78, 5) is 2.61. The van der Waals surface area contributed by atoms with Crippen molar-refractivity contribution >= 4 is 0 Å². The summed E-state index contributed by atoms with van der Waals surface area (Å²) in [7, 11) is 0.